The number of benzene rings is 1. The highest BCUT2D eigenvalue weighted by atomic mass is 15.2. The van der Waals surface area contributed by atoms with E-state index in [9.17, 15) is 0 Å². The normalized spacial score (nSPS) is 15.1. The SMILES string of the molecule is c1ccc(-c2cc(N3CCCC3)c3ccccn23)cc1. The lowest BCUT2D eigenvalue weighted by atomic mass is 10.1. The van der Waals surface area contributed by atoms with Gasteiger partial charge in [-0.15, -0.1) is 0 Å². The molecule has 0 saturated carbocycles. The van der Waals surface area contributed by atoms with Crippen molar-refractivity contribution >= 4 is 11.2 Å². The molecule has 0 N–H and O–H groups in total. The number of hydrogen-bond donors (Lipinski definition) is 0. The summed E-state index contributed by atoms with van der Waals surface area (Å²) in [7, 11) is 0. The summed E-state index contributed by atoms with van der Waals surface area (Å²) < 4.78 is 2.31. The van der Waals surface area contributed by atoms with Crippen molar-refractivity contribution in [2.45, 2.75) is 12.8 Å². The lowest BCUT2D eigenvalue weighted by Crippen LogP contribution is -2.17. The molecule has 1 fully saturated rings. The Bertz CT molecular complexity index is 722. The first-order valence-electron chi connectivity index (χ1n) is 7.34. The lowest BCUT2D eigenvalue weighted by molar-refractivity contribution is 0.949. The number of aromatic nitrogens is 1. The highest BCUT2D eigenvalue weighted by Crippen LogP contribution is 2.33. The average Bonchev–Trinajstić information content (AvgIpc) is 3.15. The van der Waals surface area contributed by atoms with Crippen LogP contribution in [0.2, 0.25) is 0 Å². The van der Waals surface area contributed by atoms with Crippen LogP contribution in [-0.2, 0) is 0 Å². The van der Waals surface area contributed by atoms with E-state index in [4.69, 9.17) is 0 Å². The van der Waals surface area contributed by atoms with Crippen LogP contribution in [0.25, 0.3) is 16.8 Å². The van der Waals surface area contributed by atoms with Crippen molar-refractivity contribution in [2.75, 3.05) is 18.0 Å². The minimum absolute atomic E-state index is 1.18. The summed E-state index contributed by atoms with van der Waals surface area (Å²) in [6.45, 7) is 2.37. The maximum absolute atomic E-state index is 2.52. The minimum atomic E-state index is 1.18. The summed E-state index contributed by atoms with van der Waals surface area (Å²) in [5, 5.41) is 0. The zero-order valence-corrected chi connectivity index (χ0v) is 11.5. The van der Waals surface area contributed by atoms with E-state index < -0.39 is 0 Å². The van der Waals surface area contributed by atoms with Crippen LogP contribution in [0.3, 0.4) is 0 Å². The first-order valence-corrected chi connectivity index (χ1v) is 7.34. The van der Waals surface area contributed by atoms with Gasteiger partial charge in [-0.3, -0.25) is 0 Å². The van der Waals surface area contributed by atoms with E-state index in [1.54, 1.807) is 0 Å². The average molecular weight is 262 g/mol. The van der Waals surface area contributed by atoms with Crippen LogP contribution in [0.4, 0.5) is 5.69 Å². The Morgan fingerprint density at radius 2 is 1.55 bits per heavy atom. The van der Waals surface area contributed by atoms with Gasteiger partial charge in [-0.05, 0) is 36.6 Å². The second-order valence-electron chi connectivity index (χ2n) is 5.43. The summed E-state index contributed by atoms with van der Waals surface area (Å²) in [4.78, 5) is 2.52. The van der Waals surface area contributed by atoms with Crippen molar-refractivity contribution in [1.29, 1.82) is 0 Å². The Morgan fingerprint density at radius 3 is 2.35 bits per heavy atom. The van der Waals surface area contributed by atoms with E-state index in [2.05, 4.69) is 70.1 Å². The quantitative estimate of drug-likeness (QED) is 0.671. The molecule has 0 unspecified atom stereocenters. The number of rotatable bonds is 2. The number of fused-ring (bicyclic) bond motifs is 1. The van der Waals surface area contributed by atoms with Gasteiger partial charge >= 0.3 is 0 Å². The van der Waals surface area contributed by atoms with Crippen molar-refractivity contribution in [3.05, 3.63) is 60.8 Å². The summed E-state index contributed by atoms with van der Waals surface area (Å²) in [6.07, 6.45) is 4.78. The van der Waals surface area contributed by atoms with Crippen LogP contribution < -0.4 is 4.90 Å². The Balaban J connectivity index is 1.93. The molecule has 100 valence electrons. The fraction of sp³-hybridized carbons (Fsp3) is 0.222. The lowest BCUT2D eigenvalue weighted by Gasteiger charge is -2.15. The number of pyridine rings is 1. The molecule has 1 saturated heterocycles. The predicted octanol–water partition coefficient (Wildman–Crippen LogP) is 4.21. The van der Waals surface area contributed by atoms with Crippen LogP contribution in [0, 0.1) is 0 Å². The van der Waals surface area contributed by atoms with Gasteiger partial charge in [-0.2, -0.15) is 0 Å². The molecule has 0 amide bonds. The van der Waals surface area contributed by atoms with Gasteiger partial charge in [0.15, 0.2) is 0 Å². The smallest absolute Gasteiger partial charge is 0.0690 e. The molecule has 0 aliphatic carbocycles. The van der Waals surface area contributed by atoms with Gasteiger partial charge in [-0.1, -0.05) is 36.4 Å². The Morgan fingerprint density at radius 1 is 0.800 bits per heavy atom. The Labute approximate surface area is 119 Å². The zero-order chi connectivity index (χ0) is 13.4. The van der Waals surface area contributed by atoms with E-state index in [0.29, 0.717) is 0 Å². The van der Waals surface area contributed by atoms with Crippen molar-refractivity contribution in [3.8, 4) is 11.3 Å². The number of hydrogen-bond acceptors (Lipinski definition) is 1. The van der Waals surface area contributed by atoms with Crippen LogP contribution in [0.1, 0.15) is 12.8 Å². The highest BCUT2D eigenvalue weighted by Gasteiger charge is 2.18. The number of anilines is 1. The second-order valence-corrected chi connectivity index (χ2v) is 5.43. The molecule has 1 aromatic carbocycles. The zero-order valence-electron chi connectivity index (χ0n) is 11.5. The van der Waals surface area contributed by atoms with Crippen LogP contribution in [0.15, 0.2) is 60.8 Å². The third-order valence-corrected chi connectivity index (χ3v) is 4.17. The Hall–Kier alpha value is -2.22. The monoisotopic (exact) mass is 262 g/mol. The van der Waals surface area contributed by atoms with E-state index in [1.165, 1.54) is 48.4 Å². The molecule has 3 heterocycles. The van der Waals surface area contributed by atoms with E-state index in [1.807, 2.05) is 0 Å². The second kappa shape index (κ2) is 4.71. The summed E-state index contributed by atoms with van der Waals surface area (Å²) in [6, 6.07) is 19.4. The van der Waals surface area contributed by atoms with E-state index in [-0.39, 0.29) is 0 Å². The molecule has 2 nitrogen and oxygen atoms in total. The highest BCUT2D eigenvalue weighted by molar-refractivity contribution is 5.82. The maximum atomic E-state index is 2.52. The molecule has 3 aromatic rings. The standard InChI is InChI=1S/C18H18N2/c1-2-8-15(9-3-1)17-14-18(19-11-6-7-12-19)16-10-4-5-13-20(16)17/h1-5,8-10,13-14H,6-7,11-12H2. The largest absolute Gasteiger partial charge is 0.370 e. The van der Waals surface area contributed by atoms with Gasteiger partial charge in [0, 0.05) is 19.3 Å². The Kier molecular flexibility index (Phi) is 2.73. The van der Waals surface area contributed by atoms with Gasteiger partial charge in [0.2, 0.25) is 0 Å². The van der Waals surface area contributed by atoms with Crippen molar-refractivity contribution < 1.29 is 0 Å². The molecule has 2 aromatic heterocycles. The van der Waals surface area contributed by atoms with Crippen LogP contribution in [0.5, 0.6) is 0 Å². The van der Waals surface area contributed by atoms with E-state index >= 15 is 0 Å². The van der Waals surface area contributed by atoms with Crippen molar-refractivity contribution in [1.82, 2.24) is 4.40 Å². The van der Waals surface area contributed by atoms with Gasteiger partial charge in [0.1, 0.15) is 0 Å². The molecule has 4 rings (SSSR count). The van der Waals surface area contributed by atoms with Gasteiger partial charge in [-0.25, -0.2) is 0 Å². The minimum Gasteiger partial charge on any atom is -0.370 e. The molecule has 0 spiro atoms. The third kappa shape index (κ3) is 1.80. The summed E-state index contributed by atoms with van der Waals surface area (Å²) >= 11 is 0. The molecule has 0 atom stereocenters. The fourth-order valence-electron chi connectivity index (χ4n) is 3.18. The van der Waals surface area contributed by atoms with Gasteiger partial charge < -0.3 is 9.30 Å². The van der Waals surface area contributed by atoms with Crippen LogP contribution in [-0.4, -0.2) is 17.5 Å². The fourth-order valence-corrected chi connectivity index (χ4v) is 3.18. The molecule has 1 aliphatic rings. The summed E-state index contributed by atoms with van der Waals surface area (Å²) in [5.41, 5.74) is 5.25. The maximum Gasteiger partial charge on any atom is 0.0690 e. The van der Waals surface area contributed by atoms with E-state index in [0.717, 1.165) is 0 Å². The third-order valence-electron chi connectivity index (χ3n) is 4.17. The topological polar surface area (TPSA) is 7.65 Å². The molecule has 20 heavy (non-hydrogen) atoms. The molecular weight excluding hydrogens is 244 g/mol. The molecule has 0 radical (unpaired) electrons. The van der Waals surface area contributed by atoms with Gasteiger partial charge in [0.25, 0.3) is 0 Å². The molecular formula is C18H18N2. The van der Waals surface area contributed by atoms with Crippen molar-refractivity contribution in [2.24, 2.45) is 0 Å². The molecule has 0 bridgehead atoms. The number of nitrogens with zero attached hydrogens (tertiary/aromatic N) is 2. The summed E-state index contributed by atoms with van der Waals surface area (Å²) in [5.74, 6) is 0. The predicted molar refractivity (Wildman–Crippen MR) is 84.3 cm³/mol. The molecule has 2 heteroatoms. The molecule has 1 aliphatic heterocycles. The van der Waals surface area contributed by atoms with Crippen molar-refractivity contribution in [3.63, 3.8) is 0 Å². The first kappa shape index (κ1) is 11.6. The van der Waals surface area contributed by atoms with Gasteiger partial charge in [0.05, 0.1) is 16.9 Å². The van der Waals surface area contributed by atoms with Crippen LogP contribution >= 0.6 is 0 Å². The first-order chi connectivity index (χ1) is 9.93.